The van der Waals surface area contributed by atoms with Crippen molar-refractivity contribution in [1.29, 1.82) is 0 Å². The van der Waals surface area contributed by atoms with Crippen LogP contribution in [-0.2, 0) is 16.1 Å². The van der Waals surface area contributed by atoms with E-state index in [2.05, 4.69) is 4.98 Å². The van der Waals surface area contributed by atoms with E-state index in [1.807, 2.05) is 26.0 Å². The predicted molar refractivity (Wildman–Crippen MR) is 103 cm³/mol. The summed E-state index contributed by atoms with van der Waals surface area (Å²) < 4.78 is 1.65. The highest BCUT2D eigenvalue weighted by Crippen LogP contribution is 2.19. The van der Waals surface area contributed by atoms with Gasteiger partial charge in [-0.3, -0.25) is 14.4 Å². The molecule has 3 rings (SSSR count). The van der Waals surface area contributed by atoms with E-state index in [4.69, 9.17) is 5.73 Å². The van der Waals surface area contributed by atoms with Crippen molar-refractivity contribution in [3.8, 4) is 0 Å². The fraction of sp³-hybridized carbons (Fsp3) is 0.500. The van der Waals surface area contributed by atoms with E-state index in [0.717, 1.165) is 22.2 Å². The van der Waals surface area contributed by atoms with Gasteiger partial charge in [0.1, 0.15) is 5.69 Å². The van der Waals surface area contributed by atoms with Crippen molar-refractivity contribution in [1.82, 2.24) is 14.5 Å². The summed E-state index contributed by atoms with van der Waals surface area (Å²) in [5.41, 5.74) is 9.34. The SMILES string of the molecule is Cc1cc2nc(C)c(=O)n(CCC(=O)N3CCC(C(N)=O)CC3)c2cc1C. The monoisotopic (exact) mass is 370 g/mol. The number of nitrogens with zero attached hydrogens (tertiary/aromatic N) is 3. The van der Waals surface area contributed by atoms with Crippen molar-refractivity contribution < 1.29 is 9.59 Å². The molecule has 1 aliphatic heterocycles. The highest BCUT2D eigenvalue weighted by Gasteiger charge is 2.25. The third-order valence-electron chi connectivity index (χ3n) is 5.52. The maximum atomic E-state index is 12.6. The molecule has 1 fully saturated rings. The average Bonchev–Trinajstić information content (AvgIpc) is 2.64. The molecule has 0 unspecified atom stereocenters. The number of primary amides is 1. The standard InChI is InChI=1S/C20H26N4O3/c1-12-10-16-17(11-13(12)2)24(20(27)14(3)22-16)9-6-18(25)23-7-4-15(5-8-23)19(21)26/h10-11,15H,4-9H2,1-3H3,(H2,21,26). The van der Waals surface area contributed by atoms with E-state index >= 15 is 0 Å². The molecule has 7 heteroatoms. The molecule has 0 atom stereocenters. The second kappa shape index (κ2) is 7.50. The van der Waals surface area contributed by atoms with Crippen LogP contribution in [0.15, 0.2) is 16.9 Å². The number of aromatic nitrogens is 2. The second-order valence-corrected chi connectivity index (χ2v) is 7.39. The molecule has 1 aromatic heterocycles. The highest BCUT2D eigenvalue weighted by molar-refractivity contribution is 5.79. The minimum absolute atomic E-state index is 0.00345. The number of fused-ring (bicyclic) bond motifs is 1. The van der Waals surface area contributed by atoms with Gasteiger partial charge in [-0.05, 0) is 56.9 Å². The highest BCUT2D eigenvalue weighted by atomic mass is 16.2. The Hall–Kier alpha value is -2.70. The van der Waals surface area contributed by atoms with E-state index in [9.17, 15) is 14.4 Å². The van der Waals surface area contributed by atoms with Gasteiger partial charge in [-0.25, -0.2) is 4.98 Å². The van der Waals surface area contributed by atoms with E-state index in [1.54, 1.807) is 16.4 Å². The molecule has 2 heterocycles. The number of benzene rings is 1. The van der Waals surface area contributed by atoms with E-state index < -0.39 is 0 Å². The van der Waals surface area contributed by atoms with Gasteiger partial charge < -0.3 is 15.2 Å². The van der Waals surface area contributed by atoms with E-state index in [1.165, 1.54) is 0 Å². The Balaban J connectivity index is 1.78. The van der Waals surface area contributed by atoms with Crippen LogP contribution in [-0.4, -0.2) is 39.4 Å². The van der Waals surface area contributed by atoms with Gasteiger partial charge in [0, 0.05) is 32.0 Å². The lowest BCUT2D eigenvalue weighted by atomic mass is 9.96. The molecular weight excluding hydrogens is 344 g/mol. The fourth-order valence-corrected chi connectivity index (χ4v) is 3.63. The molecule has 0 aliphatic carbocycles. The fourth-order valence-electron chi connectivity index (χ4n) is 3.63. The third kappa shape index (κ3) is 3.86. The first-order valence-corrected chi connectivity index (χ1v) is 9.33. The normalized spacial score (nSPS) is 15.3. The molecule has 0 saturated carbocycles. The first-order chi connectivity index (χ1) is 12.8. The van der Waals surface area contributed by atoms with Crippen LogP contribution in [0.4, 0.5) is 0 Å². The molecule has 1 aromatic carbocycles. The number of likely N-dealkylation sites (tertiary alicyclic amines) is 1. The van der Waals surface area contributed by atoms with Gasteiger partial charge in [0.2, 0.25) is 11.8 Å². The molecule has 27 heavy (non-hydrogen) atoms. The molecule has 144 valence electrons. The number of amides is 2. The molecule has 2 N–H and O–H groups in total. The average molecular weight is 370 g/mol. The number of carbonyl (C=O) groups is 2. The van der Waals surface area contributed by atoms with Crippen molar-refractivity contribution in [3.05, 3.63) is 39.3 Å². The number of carbonyl (C=O) groups excluding carboxylic acids is 2. The van der Waals surface area contributed by atoms with Crippen LogP contribution >= 0.6 is 0 Å². The molecule has 2 amide bonds. The number of hydrogen-bond donors (Lipinski definition) is 1. The first kappa shape index (κ1) is 19.1. The van der Waals surface area contributed by atoms with E-state index in [0.29, 0.717) is 38.2 Å². The topological polar surface area (TPSA) is 98.3 Å². The molecular formula is C20H26N4O3. The van der Waals surface area contributed by atoms with Crippen molar-refractivity contribution in [2.24, 2.45) is 11.7 Å². The van der Waals surface area contributed by atoms with Crippen LogP contribution in [0, 0.1) is 26.7 Å². The molecule has 0 bridgehead atoms. The number of piperidine rings is 1. The van der Waals surface area contributed by atoms with Gasteiger partial charge in [-0.1, -0.05) is 0 Å². The summed E-state index contributed by atoms with van der Waals surface area (Å²) in [6, 6.07) is 3.94. The molecule has 0 radical (unpaired) electrons. The Morgan fingerprint density at radius 2 is 1.78 bits per heavy atom. The number of hydrogen-bond acceptors (Lipinski definition) is 4. The zero-order valence-electron chi connectivity index (χ0n) is 16.1. The van der Waals surface area contributed by atoms with Crippen LogP contribution in [0.1, 0.15) is 36.1 Å². The summed E-state index contributed by atoms with van der Waals surface area (Å²) in [6.07, 6.45) is 1.46. The Kier molecular flexibility index (Phi) is 5.30. The van der Waals surface area contributed by atoms with Crippen molar-refractivity contribution in [3.63, 3.8) is 0 Å². The number of aryl methyl sites for hydroxylation is 4. The predicted octanol–water partition coefficient (Wildman–Crippen LogP) is 1.44. The lowest BCUT2D eigenvalue weighted by Gasteiger charge is -2.30. The first-order valence-electron chi connectivity index (χ1n) is 9.33. The maximum absolute atomic E-state index is 12.6. The quantitative estimate of drug-likeness (QED) is 0.880. The van der Waals surface area contributed by atoms with Crippen molar-refractivity contribution >= 4 is 22.8 Å². The molecule has 1 saturated heterocycles. The van der Waals surface area contributed by atoms with Gasteiger partial charge in [-0.15, -0.1) is 0 Å². The molecule has 2 aromatic rings. The Bertz CT molecular complexity index is 956. The largest absolute Gasteiger partial charge is 0.369 e. The van der Waals surface area contributed by atoms with Crippen molar-refractivity contribution in [2.75, 3.05) is 13.1 Å². The summed E-state index contributed by atoms with van der Waals surface area (Å²) in [7, 11) is 0. The van der Waals surface area contributed by atoms with Gasteiger partial charge in [-0.2, -0.15) is 0 Å². The summed E-state index contributed by atoms with van der Waals surface area (Å²) in [4.78, 5) is 42.6. The lowest BCUT2D eigenvalue weighted by molar-refractivity contribution is -0.135. The molecule has 1 aliphatic rings. The van der Waals surface area contributed by atoms with Crippen LogP contribution in [0.3, 0.4) is 0 Å². The Morgan fingerprint density at radius 1 is 1.15 bits per heavy atom. The summed E-state index contributed by atoms with van der Waals surface area (Å²) >= 11 is 0. The van der Waals surface area contributed by atoms with Gasteiger partial charge in [0.15, 0.2) is 0 Å². The third-order valence-corrected chi connectivity index (χ3v) is 5.52. The zero-order chi connectivity index (χ0) is 19.7. The minimum atomic E-state index is -0.293. The Labute approximate surface area is 158 Å². The van der Waals surface area contributed by atoms with Gasteiger partial charge in [0.05, 0.1) is 11.0 Å². The van der Waals surface area contributed by atoms with Crippen LogP contribution in [0.5, 0.6) is 0 Å². The smallest absolute Gasteiger partial charge is 0.272 e. The van der Waals surface area contributed by atoms with Crippen LogP contribution < -0.4 is 11.3 Å². The van der Waals surface area contributed by atoms with Crippen molar-refractivity contribution in [2.45, 2.75) is 46.6 Å². The van der Waals surface area contributed by atoms with Crippen LogP contribution in [0.25, 0.3) is 11.0 Å². The number of nitrogens with two attached hydrogens (primary N) is 1. The summed E-state index contributed by atoms with van der Waals surface area (Å²) in [6.45, 7) is 7.10. The maximum Gasteiger partial charge on any atom is 0.272 e. The van der Waals surface area contributed by atoms with Crippen LogP contribution in [0.2, 0.25) is 0 Å². The second-order valence-electron chi connectivity index (χ2n) is 7.39. The molecule has 0 spiro atoms. The Morgan fingerprint density at radius 3 is 2.41 bits per heavy atom. The zero-order valence-corrected chi connectivity index (χ0v) is 16.1. The lowest BCUT2D eigenvalue weighted by Crippen LogP contribution is -2.42. The minimum Gasteiger partial charge on any atom is -0.369 e. The van der Waals surface area contributed by atoms with Gasteiger partial charge >= 0.3 is 0 Å². The molecule has 7 nitrogen and oxygen atoms in total. The number of rotatable bonds is 4. The van der Waals surface area contributed by atoms with E-state index in [-0.39, 0.29) is 29.7 Å². The summed E-state index contributed by atoms with van der Waals surface area (Å²) in [5.74, 6) is -0.441. The van der Waals surface area contributed by atoms with Gasteiger partial charge in [0.25, 0.3) is 5.56 Å². The summed E-state index contributed by atoms with van der Waals surface area (Å²) in [5, 5.41) is 0.